The van der Waals surface area contributed by atoms with Crippen molar-refractivity contribution in [2.24, 2.45) is 0 Å². The summed E-state index contributed by atoms with van der Waals surface area (Å²) >= 11 is 0. The number of rotatable bonds is 6. The minimum atomic E-state index is -0.618. The molecule has 0 aliphatic carbocycles. The van der Waals surface area contributed by atoms with Crippen molar-refractivity contribution in [2.45, 2.75) is 26.1 Å². The van der Waals surface area contributed by atoms with Gasteiger partial charge in [0.25, 0.3) is 0 Å². The SMILES string of the molecule is C[C@H](Nc1ncc(C#N)c(-c2cnc3c(CF)cccn23)n1)c1ccc(C2=CCNCC2)cc1. The molecular formula is C26H24FN7. The number of nitriles is 1. The van der Waals surface area contributed by atoms with Gasteiger partial charge in [-0.2, -0.15) is 5.26 Å². The molecule has 0 saturated heterocycles. The Morgan fingerprint density at radius 3 is 2.79 bits per heavy atom. The average Bonchev–Trinajstić information content (AvgIpc) is 3.33. The van der Waals surface area contributed by atoms with Crippen LogP contribution in [0.15, 0.2) is 61.1 Å². The Morgan fingerprint density at radius 2 is 2.06 bits per heavy atom. The van der Waals surface area contributed by atoms with Gasteiger partial charge in [0.2, 0.25) is 5.95 Å². The minimum Gasteiger partial charge on any atom is -0.348 e. The highest BCUT2D eigenvalue weighted by Crippen LogP contribution is 2.27. The number of nitrogens with zero attached hydrogens (tertiary/aromatic N) is 5. The number of anilines is 1. The van der Waals surface area contributed by atoms with E-state index >= 15 is 0 Å². The highest BCUT2D eigenvalue weighted by Gasteiger charge is 2.17. The molecule has 4 aromatic rings. The van der Waals surface area contributed by atoms with Gasteiger partial charge in [0, 0.05) is 18.3 Å². The molecule has 0 amide bonds. The van der Waals surface area contributed by atoms with E-state index in [1.54, 1.807) is 28.9 Å². The predicted molar refractivity (Wildman–Crippen MR) is 130 cm³/mol. The van der Waals surface area contributed by atoms with Crippen molar-refractivity contribution < 1.29 is 4.39 Å². The highest BCUT2D eigenvalue weighted by atomic mass is 19.1. The van der Waals surface area contributed by atoms with Gasteiger partial charge in [-0.3, -0.25) is 4.40 Å². The second-order valence-electron chi connectivity index (χ2n) is 8.24. The predicted octanol–water partition coefficient (Wildman–Crippen LogP) is 4.68. The van der Waals surface area contributed by atoms with Crippen LogP contribution in [0.2, 0.25) is 0 Å². The van der Waals surface area contributed by atoms with Crippen molar-refractivity contribution in [1.29, 1.82) is 5.26 Å². The first-order chi connectivity index (χ1) is 16.7. The quantitative estimate of drug-likeness (QED) is 0.440. The van der Waals surface area contributed by atoms with E-state index in [1.807, 2.05) is 6.92 Å². The molecular weight excluding hydrogens is 429 g/mol. The van der Waals surface area contributed by atoms with Crippen molar-refractivity contribution >= 4 is 17.2 Å². The third-order valence-corrected chi connectivity index (χ3v) is 6.10. The lowest BCUT2D eigenvalue weighted by Gasteiger charge is -2.17. The smallest absolute Gasteiger partial charge is 0.223 e. The average molecular weight is 454 g/mol. The van der Waals surface area contributed by atoms with Gasteiger partial charge >= 0.3 is 0 Å². The molecule has 5 rings (SSSR count). The normalized spacial score (nSPS) is 14.4. The summed E-state index contributed by atoms with van der Waals surface area (Å²) in [4.78, 5) is 13.3. The largest absolute Gasteiger partial charge is 0.348 e. The Hall–Kier alpha value is -4.09. The van der Waals surface area contributed by atoms with Crippen LogP contribution < -0.4 is 10.6 Å². The first kappa shape index (κ1) is 21.7. The highest BCUT2D eigenvalue weighted by molar-refractivity contribution is 5.69. The number of benzene rings is 1. The first-order valence-electron chi connectivity index (χ1n) is 11.2. The molecule has 1 aliphatic rings. The number of hydrogen-bond donors (Lipinski definition) is 2. The van der Waals surface area contributed by atoms with Gasteiger partial charge < -0.3 is 10.6 Å². The molecule has 0 unspecified atom stereocenters. The maximum atomic E-state index is 13.4. The summed E-state index contributed by atoms with van der Waals surface area (Å²) in [7, 11) is 0. The van der Waals surface area contributed by atoms with Gasteiger partial charge in [-0.25, -0.2) is 19.3 Å². The topological polar surface area (TPSA) is 90.9 Å². The number of imidazole rings is 1. The lowest BCUT2D eigenvalue weighted by Crippen LogP contribution is -2.20. The Balaban J connectivity index is 1.42. The minimum absolute atomic E-state index is 0.0443. The van der Waals surface area contributed by atoms with Crippen LogP contribution in [0, 0.1) is 11.3 Å². The molecule has 1 aromatic carbocycles. The summed E-state index contributed by atoms with van der Waals surface area (Å²) in [5.41, 5.74) is 6.10. The molecule has 0 radical (unpaired) electrons. The molecule has 4 heterocycles. The molecule has 170 valence electrons. The third kappa shape index (κ3) is 4.14. The molecule has 0 fully saturated rings. The fraction of sp³-hybridized carbons (Fsp3) is 0.231. The van der Waals surface area contributed by atoms with E-state index in [-0.39, 0.29) is 6.04 Å². The Kier molecular flexibility index (Phi) is 6.02. The van der Waals surface area contributed by atoms with Crippen LogP contribution in [0.25, 0.3) is 22.6 Å². The second kappa shape index (κ2) is 9.41. The van der Waals surface area contributed by atoms with Gasteiger partial charge in [-0.1, -0.05) is 36.4 Å². The number of hydrogen-bond acceptors (Lipinski definition) is 6. The standard InChI is InChI=1S/C26H24FN7/c1-17(18-4-6-19(7-5-18)20-8-10-29-11-9-20)32-26-31-15-22(14-28)24(33-26)23-16-30-25-21(13-27)3-2-12-34(23)25/h2-8,12,15-17,29H,9-11,13H2,1H3,(H,31,32,33)/t17-/m0/s1. The fourth-order valence-corrected chi connectivity index (χ4v) is 4.22. The summed E-state index contributed by atoms with van der Waals surface area (Å²) in [5.74, 6) is 0.406. The number of fused-ring (bicyclic) bond motifs is 1. The van der Waals surface area contributed by atoms with Gasteiger partial charge in [0.15, 0.2) is 0 Å². The van der Waals surface area contributed by atoms with Crippen LogP contribution in [0.5, 0.6) is 0 Å². The lowest BCUT2D eigenvalue weighted by molar-refractivity contribution is 0.486. The van der Waals surface area contributed by atoms with Gasteiger partial charge in [-0.15, -0.1) is 0 Å². The van der Waals surface area contributed by atoms with Crippen molar-refractivity contribution in [3.8, 4) is 17.5 Å². The summed E-state index contributed by atoms with van der Waals surface area (Å²) < 4.78 is 15.1. The van der Waals surface area contributed by atoms with Crippen LogP contribution in [0.1, 0.15) is 41.6 Å². The number of halogens is 1. The number of nitrogens with one attached hydrogen (secondary N) is 2. The summed E-state index contributed by atoms with van der Waals surface area (Å²) in [6.07, 6.45) is 8.17. The zero-order chi connectivity index (χ0) is 23.5. The molecule has 34 heavy (non-hydrogen) atoms. The van der Waals surface area contributed by atoms with Gasteiger partial charge in [0.05, 0.1) is 29.7 Å². The Labute approximate surface area is 197 Å². The van der Waals surface area contributed by atoms with Crippen molar-refractivity contribution in [3.05, 3.63) is 83.3 Å². The molecule has 3 aromatic heterocycles. The van der Waals surface area contributed by atoms with Crippen LogP contribution in [0.3, 0.4) is 0 Å². The van der Waals surface area contributed by atoms with E-state index in [1.165, 1.54) is 17.3 Å². The molecule has 0 spiro atoms. The molecule has 0 bridgehead atoms. The van der Waals surface area contributed by atoms with Crippen LogP contribution >= 0.6 is 0 Å². The zero-order valence-corrected chi connectivity index (χ0v) is 18.8. The maximum Gasteiger partial charge on any atom is 0.223 e. The summed E-state index contributed by atoms with van der Waals surface area (Å²) in [6, 6.07) is 14.1. The van der Waals surface area contributed by atoms with E-state index < -0.39 is 6.67 Å². The summed E-state index contributed by atoms with van der Waals surface area (Å²) in [5, 5.41) is 16.3. The Morgan fingerprint density at radius 1 is 1.21 bits per heavy atom. The van der Waals surface area contributed by atoms with Gasteiger partial charge in [0.1, 0.15) is 24.1 Å². The number of alkyl halides is 1. The fourth-order valence-electron chi connectivity index (χ4n) is 4.22. The lowest BCUT2D eigenvalue weighted by atomic mass is 9.98. The van der Waals surface area contributed by atoms with E-state index in [2.05, 4.69) is 62.0 Å². The molecule has 0 saturated carbocycles. The maximum absolute atomic E-state index is 13.4. The third-order valence-electron chi connectivity index (χ3n) is 6.10. The van der Waals surface area contributed by atoms with E-state index in [9.17, 15) is 9.65 Å². The van der Waals surface area contributed by atoms with Crippen molar-refractivity contribution in [2.75, 3.05) is 18.4 Å². The molecule has 7 nitrogen and oxygen atoms in total. The molecule has 1 aliphatic heterocycles. The van der Waals surface area contributed by atoms with E-state index in [0.29, 0.717) is 34.1 Å². The number of pyridine rings is 1. The number of aromatic nitrogens is 4. The molecule has 2 N–H and O–H groups in total. The van der Waals surface area contributed by atoms with Gasteiger partial charge in [-0.05, 0) is 42.7 Å². The van der Waals surface area contributed by atoms with Crippen LogP contribution in [-0.4, -0.2) is 32.4 Å². The first-order valence-corrected chi connectivity index (χ1v) is 11.2. The summed E-state index contributed by atoms with van der Waals surface area (Å²) in [6.45, 7) is 3.34. The second-order valence-corrected chi connectivity index (χ2v) is 8.24. The van der Waals surface area contributed by atoms with Crippen molar-refractivity contribution in [1.82, 2.24) is 24.7 Å². The Bertz CT molecular complexity index is 1400. The van der Waals surface area contributed by atoms with E-state index in [4.69, 9.17) is 0 Å². The van der Waals surface area contributed by atoms with Crippen LogP contribution in [-0.2, 0) is 6.67 Å². The monoisotopic (exact) mass is 453 g/mol. The van der Waals surface area contributed by atoms with Crippen molar-refractivity contribution in [3.63, 3.8) is 0 Å². The van der Waals surface area contributed by atoms with E-state index in [0.717, 1.165) is 25.1 Å². The molecule has 1 atom stereocenters. The molecule has 8 heteroatoms. The van der Waals surface area contributed by atoms with Crippen LogP contribution in [0.4, 0.5) is 10.3 Å². The zero-order valence-electron chi connectivity index (χ0n) is 18.8.